The van der Waals surface area contributed by atoms with Crippen LogP contribution in [0.1, 0.15) is 17.8 Å². The SMILES string of the molecule is CSCC[C@@H](NC(=O)N(C)CCn1nc(C)cc1C)C(=O)O. The van der Waals surface area contributed by atoms with Crippen molar-refractivity contribution in [1.29, 1.82) is 0 Å². The van der Waals surface area contributed by atoms with E-state index in [1.807, 2.05) is 30.9 Å². The maximum absolute atomic E-state index is 12.0. The van der Waals surface area contributed by atoms with Gasteiger partial charge in [0.1, 0.15) is 6.04 Å². The molecule has 7 nitrogen and oxygen atoms in total. The van der Waals surface area contributed by atoms with Gasteiger partial charge in [0, 0.05) is 19.3 Å². The highest BCUT2D eigenvalue weighted by Gasteiger charge is 2.21. The lowest BCUT2D eigenvalue weighted by Crippen LogP contribution is -2.47. The van der Waals surface area contributed by atoms with Crippen LogP contribution >= 0.6 is 11.8 Å². The average Bonchev–Trinajstić information content (AvgIpc) is 2.78. The van der Waals surface area contributed by atoms with Crippen molar-refractivity contribution in [3.05, 3.63) is 17.5 Å². The van der Waals surface area contributed by atoms with Gasteiger partial charge in [0.15, 0.2) is 0 Å². The molecule has 0 aliphatic heterocycles. The molecule has 1 atom stereocenters. The normalized spacial score (nSPS) is 12.0. The van der Waals surface area contributed by atoms with Crippen LogP contribution in [0.5, 0.6) is 0 Å². The molecule has 0 bridgehead atoms. The smallest absolute Gasteiger partial charge is 0.326 e. The number of hydrogen-bond acceptors (Lipinski definition) is 4. The van der Waals surface area contributed by atoms with Gasteiger partial charge in [0.05, 0.1) is 12.2 Å². The third-order valence-electron chi connectivity index (χ3n) is 3.30. The monoisotopic (exact) mass is 328 g/mol. The summed E-state index contributed by atoms with van der Waals surface area (Å²) in [6.07, 6.45) is 2.31. The summed E-state index contributed by atoms with van der Waals surface area (Å²) in [5.74, 6) is -0.318. The summed E-state index contributed by atoms with van der Waals surface area (Å²) in [7, 11) is 1.65. The van der Waals surface area contributed by atoms with E-state index in [-0.39, 0.29) is 6.03 Å². The Bertz CT molecular complexity index is 518. The minimum Gasteiger partial charge on any atom is -0.480 e. The van der Waals surface area contributed by atoms with E-state index in [1.165, 1.54) is 4.90 Å². The quantitative estimate of drug-likeness (QED) is 0.752. The van der Waals surface area contributed by atoms with Crippen LogP contribution in [-0.2, 0) is 11.3 Å². The molecule has 0 saturated carbocycles. The number of urea groups is 1. The van der Waals surface area contributed by atoms with E-state index in [4.69, 9.17) is 5.11 Å². The van der Waals surface area contributed by atoms with Crippen LogP contribution in [0.3, 0.4) is 0 Å². The first kappa shape index (κ1) is 18.3. The minimum absolute atomic E-state index is 0.380. The van der Waals surface area contributed by atoms with Gasteiger partial charge in [-0.3, -0.25) is 4.68 Å². The van der Waals surface area contributed by atoms with Gasteiger partial charge in [-0.05, 0) is 38.3 Å². The Hall–Kier alpha value is -1.70. The van der Waals surface area contributed by atoms with Gasteiger partial charge in [-0.15, -0.1) is 0 Å². The van der Waals surface area contributed by atoms with Gasteiger partial charge in [0.2, 0.25) is 0 Å². The molecule has 8 heteroatoms. The van der Waals surface area contributed by atoms with E-state index in [9.17, 15) is 9.59 Å². The highest BCUT2D eigenvalue weighted by molar-refractivity contribution is 7.98. The van der Waals surface area contributed by atoms with Crippen LogP contribution in [0.25, 0.3) is 0 Å². The lowest BCUT2D eigenvalue weighted by Gasteiger charge is -2.21. The maximum Gasteiger partial charge on any atom is 0.326 e. The van der Waals surface area contributed by atoms with Crippen LogP contribution in [0.2, 0.25) is 0 Å². The topological polar surface area (TPSA) is 87.5 Å². The molecule has 1 rings (SSSR count). The number of carbonyl (C=O) groups is 2. The van der Waals surface area contributed by atoms with Gasteiger partial charge in [-0.2, -0.15) is 16.9 Å². The molecule has 0 aliphatic carbocycles. The average molecular weight is 328 g/mol. The summed E-state index contributed by atoms with van der Waals surface area (Å²) in [4.78, 5) is 24.7. The van der Waals surface area contributed by atoms with Crippen LogP contribution < -0.4 is 5.32 Å². The second-order valence-corrected chi connectivity index (χ2v) is 6.18. The number of carboxylic acid groups (broad SMARTS) is 1. The predicted molar refractivity (Wildman–Crippen MR) is 87.3 cm³/mol. The molecule has 1 heterocycles. The zero-order valence-electron chi connectivity index (χ0n) is 13.5. The van der Waals surface area contributed by atoms with Crippen LogP contribution in [0.4, 0.5) is 4.79 Å². The largest absolute Gasteiger partial charge is 0.480 e. The second-order valence-electron chi connectivity index (χ2n) is 5.19. The number of hydrogen-bond donors (Lipinski definition) is 2. The van der Waals surface area contributed by atoms with Crippen molar-refractivity contribution in [3.8, 4) is 0 Å². The van der Waals surface area contributed by atoms with Gasteiger partial charge >= 0.3 is 12.0 Å². The lowest BCUT2D eigenvalue weighted by atomic mass is 10.2. The van der Waals surface area contributed by atoms with Crippen LogP contribution in [0.15, 0.2) is 6.07 Å². The Balaban J connectivity index is 2.49. The van der Waals surface area contributed by atoms with Crippen LogP contribution in [0, 0.1) is 13.8 Å². The fraction of sp³-hybridized carbons (Fsp3) is 0.643. The Morgan fingerprint density at radius 2 is 2.18 bits per heavy atom. The molecule has 0 unspecified atom stereocenters. The van der Waals surface area contributed by atoms with Crippen molar-refractivity contribution in [2.24, 2.45) is 0 Å². The maximum atomic E-state index is 12.0. The van der Waals surface area contributed by atoms with Gasteiger partial charge in [-0.25, -0.2) is 9.59 Å². The summed E-state index contributed by atoms with van der Waals surface area (Å²) in [5, 5.41) is 16.0. The molecule has 0 spiro atoms. The van der Waals surface area contributed by atoms with Crippen molar-refractivity contribution in [3.63, 3.8) is 0 Å². The molecular weight excluding hydrogens is 304 g/mol. The molecule has 1 aromatic heterocycles. The molecule has 124 valence electrons. The molecular formula is C14H24N4O3S. The third-order valence-corrected chi connectivity index (χ3v) is 3.95. The van der Waals surface area contributed by atoms with Crippen LogP contribution in [-0.4, -0.2) is 63.4 Å². The summed E-state index contributed by atoms with van der Waals surface area (Å²) in [5.41, 5.74) is 1.97. The second kappa shape index (κ2) is 8.67. The van der Waals surface area contributed by atoms with E-state index in [0.29, 0.717) is 25.3 Å². The minimum atomic E-state index is -1.01. The van der Waals surface area contributed by atoms with Gasteiger partial charge in [0.25, 0.3) is 0 Å². The number of carboxylic acids is 1. The molecule has 0 aliphatic rings. The predicted octanol–water partition coefficient (Wildman–Crippen LogP) is 1.35. The lowest BCUT2D eigenvalue weighted by molar-refractivity contribution is -0.139. The summed E-state index contributed by atoms with van der Waals surface area (Å²) < 4.78 is 1.83. The number of aryl methyl sites for hydroxylation is 2. The first-order valence-electron chi connectivity index (χ1n) is 7.09. The standard InChI is InChI=1S/C14H24N4O3S/c1-10-9-11(2)18(16-10)7-6-17(3)14(21)15-12(13(19)20)5-8-22-4/h9,12H,5-8H2,1-4H3,(H,15,21)(H,19,20)/t12-/m1/s1. The number of thioether (sulfide) groups is 1. The number of likely N-dealkylation sites (N-methyl/N-ethyl adjacent to an activating group) is 1. The van der Waals surface area contributed by atoms with Crippen molar-refractivity contribution in [2.75, 3.05) is 25.6 Å². The van der Waals surface area contributed by atoms with Gasteiger partial charge in [-0.1, -0.05) is 0 Å². The molecule has 1 aromatic rings. The number of carbonyl (C=O) groups excluding carboxylic acids is 1. The Morgan fingerprint density at radius 1 is 1.50 bits per heavy atom. The van der Waals surface area contributed by atoms with Crippen molar-refractivity contribution in [2.45, 2.75) is 32.9 Å². The summed E-state index contributed by atoms with van der Waals surface area (Å²) in [6.45, 7) is 4.92. The summed E-state index contributed by atoms with van der Waals surface area (Å²) in [6, 6.07) is 0.745. The zero-order valence-corrected chi connectivity index (χ0v) is 14.3. The van der Waals surface area contributed by atoms with E-state index in [0.717, 1.165) is 11.4 Å². The number of nitrogens with zero attached hydrogens (tertiary/aromatic N) is 3. The first-order valence-corrected chi connectivity index (χ1v) is 8.49. The number of nitrogens with one attached hydrogen (secondary N) is 1. The van der Waals surface area contributed by atoms with Crippen molar-refractivity contribution >= 4 is 23.8 Å². The third kappa shape index (κ3) is 5.59. The highest BCUT2D eigenvalue weighted by Crippen LogP contribution is 2.03. The van der Waals surface area contributed by atoms with E-state index < -0.39 is 12.0 Å². The molecule has 0 aromatic carbocycles. The van der Waals surface area contributed by atoms with E-state index in [1.54, 1.807) is 18.8 Å². The summed E-state index contributed by atoms with van der Waals surface area (Å²) >= 11 is 1.55. The fourth-order valence-corrected chi connectivity index (χ4v) is 2.47. The molecule has 0 fully saturated rings. The van der Waals surface area contributed by atoms with E-state index in [2.05, 4.69) is 10.4 Å². The molecule has 22 heavy (non-hydrogen) atoms. The first-order chi connectivity index (χ1) is 10.3. The zero-order chi connectivity index (χ0) is 16.7. The Labute approximate surface area is 135 Å². The molecule has 0 radical (unpaired) electrons. The van der Waals surface area contributed by atoms with Crippen molar-refractivity contribution in [1.82, 2.24) is 20.0 Å². The fourth-order valence-electron chi connectivity index (χ4n) is 2.00. The number of amides is 2. The van der Waals surface area contributed by atoms with Crippen molar-refractivity contribution < 1.29 is 14.7 Å². The molecule has 2 N–H and O–H groups in total. The van der Waals surface area contributed by atoms with Gasteiger partial charge < -0.3 is 15.3 Å². The molecule has 0 saturated heterocycles. The Kier molecular flexibility index (Phi) is 7.23. The number of aromatic nitrogens is 2. The number of aliphatic carboxylic acids is 1. The molecule has 2 amide bonds. The highest BCUT2D eigenvalue weighted by atomic mass is 32.2. The Morgan fingerprint density at radius 3 is 2.68 bits per heavy atom. The van der Waals surface area contributed by atoms with E-state index >= 15 is 0 Å². The number of rotatable bonds is 8.